The van der Waals surface area contributed by atoms with E-state index in [0.717, 1.165) is 37.4 Å². The fourth-order valence-electron chi connectivity index (χ4n) is 2.85. The highest BCUT2D eigenvalue weighted by molar-refractivity contribution is 7.14. The van der Waals surface area contributed by atoms with E-state index in [-0.39, 0.29) is 17.9 Å². The maximum atomic E-state index is 12.7. The van der Waals surface area contributed by atoms with E-state index in [2.05, 4.69) is 23.7 Å². The van der Waals surface area contributed by atoms with Gasteiger partial charge in [-0.05, 0) is 31.9 Å². The minimum Gasteiger partial charge on any atom is -0.351 e. The van der Waals surface area contributed by atoms with Gasteiger partial charge in [-0.1, -0.05) is 13.0 Å². The van der Waals surface area contributed by atoms with Crippen molar-refractivity contribution in [3.63, 3.8) is 0 Å². The molecule has 1 N–H and O–H groups in total. The number of carbonyl (C=O) groups excluding carboxylic acids is 2. The van der Waals surface area contributed by atoms with Crippen molar-refractivity contribution in [3.05, 3.63) is 34.5 Å². The minimum atomic E-state index is -0.187. The van der Waals surface area contributed by atoms with Crippen molar-refractivity contribution in [1.82, 2.24) is 15.1 Å². The number of hydrogen-bond acceptors (Lipinski definition) is 4. The summed E-state index contributed by atoms with van der Waals surface area (Å²) in [5.41, 5.74) is 0. The first kappa shape index (κ1) is 18.7. The number of thiophene rings is 1. The molecule has 6 heteroatoms. The van der Waals surface area contributed by atoms with E-state index >= 15 is 0 Å². The van der Waals surface area contributed by atoms with Gasteiger partial charge in [-0.3, -0.25) is 14.5 Å². The van der Waals surface area contributed by atoms with Crippen molar-refractivity contribution in [2.45, 2.75) is 32.7 Å². The van der Waals surface area contributed by atoms with Gasteiger partial charge in [0.2, 0.25) is 5.91 Å². The second kappa shape index (κ2) is 8.99. The predicted molar refractivity (Wildman–Crippen MR) is 98.5 cm³/mol. The Labute approximate surface area is 148 Å². The molecule has 2 amide bonds. The van der Waals surface area contributed by atoms with Gasteiger partial charge >= 0.3 is 0 Å². The van der Waals surface area contributed by atoms with E-state index in [9.17, 15) is 9.59 Å². The van der Waals surface area contributed by atoms with E-state index in [1.165, 1.54) is 4.88 Å². The number of nitrogens with one attached hydrogen (secondary N) is 1. The number of rotatable bonds is 6. The Morgan fingerprint density at radius 1 is 1.33 bits per heavy atom. The third-order valence-electron chi connectivity index (χ3n) is 4.39. The molecule has 2 rings (SSSR count). The topological polar surface area (TPSA) is 52.7 Å². The van der Waals surface area contributed by atoms with Crippen LogP contribution in [-0.4, -0.2) is 60.4 Å². The van der Waals surface area contributed by atoms with E-state index < -0.39 is 0 Å². The van der Waals surface area contributed by atoms with Crippen LogP contribution in [0.5, 0.6) is 0 Å². The highest BCUT2D eigenvalue weighted by Gasteiger charge is 2.26. The third-order valence-corrected chi connectivity index (χ3v) is 5.60. The van der Waals surface area contributed by atoms with Crippen molar-refractivity contribution >= 4 is 23.2 Å². The monoisotopic (exact) mass is 349 g/mol. The van der Waals surface area contributed by atoms with Crippen LogP contribution in [0, 0.1) is 0 Å². The second-order valence-corrected chi connectivity index (χ2v) is 7.18. The van der Waals surface area contributed by atoms with E-state index in [0.29, 0.717) is 13.1 Å². The first-order chi connectivity index (χ1) is 11.6. The molecule has 1 aliphatic heterocycles. The van der Waals surface area contributed by atoms with Crippen LogP contribution in [-0.2, 0) is 11.2 Å². The first-order valence-electron chi connectivity index (χ1n) is 8.57. The first-order valence-corrected chi connectivity index (χ1v) is 9.39. The lowest BCUT2D eigenvalue weighted by atomic mass is 10.2. The summed E-state index contributed by atoms with van der Waals surface area (Å²) in [4.78, 5) is 30.9. The van der Waals surface area contributed by atoms with Gasteiger partial charge in [-0.25, -0.2) is 0 Å². The van der Waals surface area contributed by atoms with Gasteiger partial charge < -0.3 is 10.2 Å². The molecule has 2 heterocycles. The molecule has 1 aliphatic rings. The Kier molecular flexibility index (Phi) is 6.99. The van der Waals surface area contributed by atoms with Gasteiger partial charge in [0, 0.05) is 37.6 Å². The SMILES string of the molecule is C=CCNC(=O)C(C)N1CCCN(C(=O)c2ccc(CC)s2)CC1. The number of hydrogen-bond donors (Lipinski definition) is 1. The second-order valence-electron chi connectivity index (χ2n) is 6.01. The third kappa shape index (κ3) is 4.68. The van der Waals surface area contributed by atoms with E-state index in [4.69, 9.17) is 0 Å². The van der Waals surface area contributed by atoms with E-state index in [1.807, 2.05) is 24.0 Å². The van der Waals surface area contributed by atoms with Crippen LogP contribution in [0.2, 0.25) is 0 Å². The van der Waals surface area contributed by atoms with Crippen LogP contribution in [0.1, 0.15) is 34.8 Å². The molecule has 0 aliphatic carbocycles. The fraction of sp³-hybridized carbons (Fsp3) is 0.556. The summed E-state index contributed by atoms with van der Waals surface area (Å²) in [5, 5.41) is 2.84. The van der Waals surface area contributed by atoms with Crippen LogP contribution in [0.4, 0.5) is 0 Å². The number of nitrogens with zero attached hydrogens (tertiary/aromatic N) is 2. The molecule has 1 aromatic rings. The van der Waals surface area contributed by atoms with Crippen molar-refractivity contribution in [2.75, 3.05) is 32.7 Å². The van der Waals surface area contributed by atoms with Crippen molar-refractivity contribution < 1.29 is 9.59 Å². The average Bonchev–Trinajstić information content (AvgIpc) is 2.95. The molecule has 1 fully saturated rings. The quantitative estimate of drug-likeness (QED) is 0.801. The lowest BCUT2D eigenvalue weighted by Gasteiger charge is -2.26. The molecule has 1 saturated heterocycles. The van der Waals surface area contributed by atoms with Crippen LogP contribution >= 0.6 is 11.3 Å². The molecule has 1 unspecified atom stereocenters. The molecule has 1 aromatic heterocycles. The lowest BCUT2D eigenvalue weighted by molar-refractivity contribution is -0.125. The van der Waals surface area contributed by atoms with Gasteiger partial charge in [-0.15, -0.1) is 17.9 Å². The van der Waals surface area contributed by atoms with Crippen molar-refractivity contribution in [2.24, 2.45) is 0 Å². The molecule has 0 saturated carbocycles. The maximum Gasteiger partial charge on any atom is 0.263 e. The Hall–Kier alpha value is -1.66. The molecule has 0 bridgehead atoms. The normalized spacial score (nSPS) is 17.2. The van der Waals surface area contributed by atoms with Gasteiger partial charge in [0.25, 0.3) is 5.91 Å². The molecular weight excluding hydrogens is 322 g/mol. The number of amides is 2. The summed E-state index contributed by atoms with van der Waals surface area (Å²) in [7, 11) is 0. The zero-order valence-corrected chi connectivity index (χ0v) is 15.4. The molecule has 0 aromatic carbocycles. The fourth-order valence-corrected chi connectivity index (χ4v) is 3.77. The largest absolute Gasteiger partial charge is 0.351 e. The van der Waals surface area contributed by atoms with Gasteiger partial charge in [0.15, 0.2) is 0 Å². The van der Waals surface area contributed by atoms with Gasteiger partial charge in [0.1, 0.15) is 0 Å². The molecule has 0 radical (unpaired) electrons. The molecule has 24 heavy (non-hydrogen) atoms. The van der Waals surface area contributed by atoms with Crippen LogP contribution in [0.15, 0.2) is 24.8 Å². The van der Waals surface area contributed by atoms with Gasteiger partial charge in [-0.2, -0.15) is 0 Å². The average molecular weight is 350 g/mol. The Bertz CT molecular complexity index is 585. The smallest absolute Gasteiger partial charge is 0.263 e. The number of aryl methyl sites for hydroxylation is 1. The van der Waals surface area contributed by atoms with Gasteiger partial charge in [0.05, 0.1) is 10.9 Å². The zero-order valence-electron chi connectivity index (χ0n) is 14.6. The van der Waals surface area contributed by atoms with Crippen molar-refractivity contribution in [1.29, 1.82) is 0 Å². The summed E-state index contributed by atoms with van der Waals surface area (Å²) in [6.07, 6.45) is 3.53. The summed E-state index contributed by atoms with van der Waals surface area (Å²) in [6.45, 7) is 11.1. The Balaban J connectivity index is 1.93. The van der Waals surface area contributed by atoms with Crippen molar-refractivity contribution in [3.8, 4) is 0 Å². The lowest BCUT2D eigenvalue weighted by Crippen LogP contribution is -2.46. The maximum absolute atomic E-state index is 12.7. The number of carbonyl (C=O) groups is 2. The molecule has 5 nitrogen and oxygen atoms in total. The Morgan fingerprint density at radius 2 is 2.12 bits per heavy atom. The highest BCUT2D eigenvalue weighted by Crippen LogP contribution is 2.20. The Morgan fingerprint density at radius 3 is 2.79 bits per heavy atom. The summed E-state index contributed by atoms with van der Waals surface area (Å²) in [5.74, 6) is 0.130. The summed E-state index contributed by atoms with van der Waals surface area (Å²) in [6, 6.07) is 3.78. The summed E-state index contributed by atoms with van der Waals surface area (Å²) >= 11 is 1.58. The highest BCUT2D eigenvalue weighted by atomic mass is 32.1. The molecule has 132 valence electrons. The predicted octanol–water partition coefficient (Wildman–Crippen LogP) is 2.15. The van der Waals surface area contributed by atoms with Crippen LogP contribution in [0.25, 0.3) is 0 Å². The standard InChI is InChI=1S/C18H27N3O2S/c1-4-9-19-17(22)14(3)20-10-6-11-21(13-12-20)18(23)16-8-7-15(5-2)24-16/h4,7-8,14H,1,5-6,9-13H2,2-3H3,(H,19,22). The van der Waals surface area contributed by atoms with E-state index in [1.54, 1.807) is 17.4 Å². The van der Waals surface area contributed by atoms with Crippen LogP contribution < -0.4 is 5.32 Å². The minimum absolute atomic E-state index is 0.0144. The zero-order chi connectivity index (χ0) is 17.5. The molecule has 0 spiro atoms. The summed E-state index contributed by atoms with van der Waals surface area (Å²) < 4.78 is 0. The van der Waals surface area contributed by atoms with Crippen LogP contribution in [0.3, 0.4) is 0 Å². The molecular formula is C18H27N3O2S. The molecule has 1 atom stereocenters.